The van der Waals surface area contributed by atoms with Crippen LogP contribution >= 0.6 is 0 Å². The van der Waals surface area contributed by atoms with E-state index in [1.807, 2.05) is 105 Å². The molecule has 2 amide bonds. The van der Waals surface area contributed by atoms with Gasteiger partial charge in [0.2, 0.25) is 11.8 Å². The molecule has 3 aromatic carbocycles. The Morgan fingerprint density at radius 2 is 1.15 bits per heavy atom. The number of carbonyl (C=O) groups excluding carboxylic acids is 2. The van der Waals surface area contributed by atoms with Crippen molar-refractivity contribution in [2.75, 3.05) is 6.61 Å². The van der Waals surface area contributed by atoms with Crippen molar-refractivity contribution in [3.8, 4) is 0 Å². The molecular weight excluding hydrogens is 412 g/mol. The highest BCUT2D eigenvalue weighted by atomic mass is 16.3. The zero-order chi connectivity index (χ0) is 23.6. The number of amides is 2. The molecule has 5 nitrogen and oxygen atoms in total. The predicted molar refractivity (Wildman–Crippen MR) is 131 cm³/mol. The fourth-order valence-electron chi connectivity index (χ4n) is 3.99. The summed E-state index contributed by atoms with van der Waals surface area (Å²) in [7, 11) is 0. The summed E-state index contributed by atoms with van der Waals surface area (Å²) in [6.07, 6.45) is 0.647. The van der Waals surface area contributed by atoms with E-state index in [9.17, 15) is 14.7 Å². The number of aliphatic hydroxyl groups is 1. The molecule has 0 aliphatic carbocycles. The number of benzene rings is 3. The van der Waals surface area contributed by atoms with Crippen LogP contribution in [0.1, 0.15) is 48.9 Å². The maximum Gasteiger partial charge on any atom is 0.247 e. The van der Waals surface area contributed by atoms with Crippen LogP contribution in [0.2, 0.25) is 0 Å². The van der Waals surface area contributed by atoms with E-state index in [1.165, 1.54) is 0 Å². The van der Waals surface area contributed by atoms with Crippen molar-refractivity contribution in [2.24, 2.45) is 5.92 Å². The van der Waals surface area contributed by atoms with E-state index in [4.69, 9.17) is 0 Å². The molecule has 0 spiro atoms. The van der Waals surface area contributed by atoms with Gasteiger partial charge in [0, 0.05) is 0 Å². The zero-order valence-corrected chi connectivity index (χ0v) is 19.1. The number of hydrogen-bond donors (Lipinski definition) is 3. The maximum absolute atomic E-state index is 13.6. The summed E-state index contributed by atoms with van der Waals surface area (Å²) in [5.74, 6) is -0.849. The highest BCUT2D eigenvalue weighted by Crippen LogP contribution is 2.26. The average Bonchev–Trinajstić information content (AvgIpc) is 2.84. The molecule has 2 unspecified atom stereocenters. The van der Waals surface area contributed by atoms with Gasteiger partial charge in [-0.25, -0.2) is 0 Å². The lowest BCUT2D eigenvalue weighted by atomic mass is 9.90. The quantitative estimate of drug-likeness (QED) is 0.439. The van der Waals surface area contributed by atoms with Gasteiger partial charge in [0.1, 0.15) is 6.04 Å². The van der Waals surface area contributed by atoms with Gasteiger partial charge in [-0.05, 0) is 29.0 Å². The summed E-state index contributed by atoms with van der Waals surface area (Å²) < 4.78 is 0. The number of aliphatic hydroxyl groups excluding tert-OH is 1. The van der Waals surface area contributed by atoms with Crippen LogP contribution in [0, 0.1) is 5.92 Å². The molecule has 0 radical (unpaired) electrons. The Morgan fingerprint density at radius 3 is 1.58 bits per heavy atom. The smallest absolute Gasteiger partial charge is 0.247 e. The first-order valence-electron chi connectivity index (χ1n) is 11.4. The molecule has 0 aromatic heterocycles. The molecule has 0 fully saturated rings. The number of nitrogens with one attached hydrogen (secondary N) is 2. The van der Waals surface area contributed by atoms with E-state index in [-0.39, 0.29) is 24.5 Å². The standard InChI is InChI=1S/C28H32N2O3/c1-20(2)18-24(19-31)29-28(33)26(23-16-10-5-11-17-23)30-27(32)25(21-12-6-3-7-13-21)22-14-8-4-9-15-22/h3-17,20,24-26,31H,18-19H2,1-2H3,(H,29,33)(H,30,32). The molecule has 33 heavy (non-hydrogen) atoms. The van der Waals surface area contributed by atoms with E-state index in [0.717, 1.165) is 11.1 Å². The summed E-state index contributed by atoms with van der Waals surface area (Å²) in [6, 6.07) is 27.0. The molecule has 172 valence electrons. The van der Waals surface area contributed by atoms with Crippen molar-refractivity contribution in [2.45, 2.75) is 38.3 Å². The van der Waals surface area contributed by atoms with Gasteiger partial charge in [-0.15, -0.1) is 0 Å². The number of carbonyl (C=O) groups is 2. The third kappa shape index (κ3) is 6.77. The fraction of sp³-hybridized carbons (Fsp3) is 0.286. The molecule has 0 heterocycles. The third-order valence-electron chi connectivity index (χ3n) is 5.53. The van der Waals surface area contributed by atoms with Gasteiger partial charge in [0.25, 0.3) is 0 Å². The minimum Gasteiger partial charge on any atom is -0.394 e. The van der Waals surface area contributed by atoms with Crippen LogP contribution in [0.25, 0.3) is 0 Å². The van der Waals surface area contributed by atoms with E-state index in [0.29, 0.717) is 17.9 Å². The Morgan fingerprint density at radius 1 is 0.697 bits per heavy atom. The lowest BCUT2D eigenvalue weighted by Gasteiger charge is -2.26. The lowest BCUT2D eigenvalue weighted by Crippen LogP contribution is -2.47. The highest BCUT2D eigenvalue weighted by molar-refractivity contribution is 5.93. The summed E-state index contributed by atoms with van der Waals surface area (Å²) >= 11 is 0. The first kappa shape index (κ1) is 24.2. The van der Waals surface area contributed by atoms with Crippen LogP contribution in [0.3, 0.4) is 0 Å². The zero-order valence-electron chi connectivity index (χ0n) is 19.1. The summed E-state index contributed by atoms with van der Waals surface area (Å²) in [4.78, 5) is 26.9. The average molecular weight is 445 g/mol. The Labute approximate surface area is 195 Å². The lowest BCUT2D eigenvalue weighted by molar-refractivity contribution is -0.130. The Kier molecular flexibility index (Phi) is 8.79. The van der Waals surface area contributed by atoms with Crippen LogP contribution in [0.15, 0.2) is 91.0 Å². The predicted octanol–water partition coefficient (Wildman–Crippen LogP) is 4.20. The Bertz CT molecular complexity index is 968. The minimum absolute atomic E-state index is 0.157. The normalized spacial score (nSPS) is 12.9. The highest BCUT2D eigenvalue weighted by Gasteiger charge is 2.29. The van der Waals surface area contributed by atoms with Gasteiger partial charge in [-0.3, -0.25) is 9.59 Å². The second-order valence-electron chi connectivity index (χ2n) is 8.62. The second-order valence-corrected chi connectivity index (χ2v) is 8.62. The molecule has 0 aliphatic heterocycles. The first-order chi connectivity index (χ1) is 16.0. The molecule has 0 saturated heterocycles. The SMILES string of the molecule is CC(C)CC(CO)NC(=O)C(NC(=O)C(c1ccccc1)c1ccccc1)c1ccccc1. The van der Waals surface area contributed by atoms with Gasteiger partial charge in [-0.1, -0.05) is 105 Å². The van der Waals surface area contributed by atoms with Gasteiger partial charge in [0.15, 0.2) is 0 Å². The molecule has 0 saturated carbocycles. The van der Waals surface area contributed by atoms with Crippen molar-refractivity contribution in [3.05, 3.63) is 108 Å². The van der Waals surface area contributed by atoms with Gasteiger partial charge >= 0.3 is 0 Å². The number of rotatable bonds is 10. The summed E-state index contributed by atoms with van der Waals surface area (Å²) in [6.45, 7) is 3.92. The molecule has 0 bridgehead atoms. The van der Waals surface area contributed by atoms with E-state index in [1.54, 1.807) is 0 Å². The second kappa shape index (κ2) is 12.0. The van der Waals surface area contributed by atoms with Crippen molar-refractivity contribution in [3.63, 3.8) is 0 Å². The monoisotopic (exact) mass is 444 g/mol. The molecule has 3 rings (SSSR count). The molecule has 2 atom stereocenters. The molecule has 3 N–H and O–H groups in total. The minimum atomic E-state index is -0.880. The van der Waals surface area contributed by atoms with Crippen LogP contribution < -0.4 is 10.6 Å². The van der Waals surface area contributed by atoms with Crippen molar-refractivity contribution >= 4 is 11.8 Å². The Hall–Kier alpha value is -3.44. The molecule has 5 heteroatoms. The Balaban J connectivity index is 1.90. The van der Waals surface area contributed by atoms with Crippen molar-refractivity contribution < 1.29 is 14.7 Å². The third-order valence-corrected chi connectivity index (χ3v) is 5.53. The number of hydrogen-bond acceptors (Lipinski definition) is 3. The van der Waals surface area contributed by atoms with Crippen LogP contribution in [0.5, 0.6) is 0 Å². The van der Waals surface area contributed by atoms with Gasteiger partial charge in [-0.2, -0.15) is 0 Å². The van der Waals surface area contributed by atoms with E-state index >= 15 is 0 Å². The topological polar surface area (TPSA) is 78.4 Å². The van der Waals surface area contributed by atoms with Crippen LogP contribution in [-0.2, 0) is 9.59 Å². The molecule has 0 aliphatic rings. The summed E-state index contributed by atoms with van der Waals surface area (Å²) in [5.41, 5.74) is 2.38. The van der Waals surface area contributed by atoms with Crippen LogP contribution in [-0.4, -0.2) is 29.6 Å². The van der Waals surface area contributed by atoms with Gasteiger partial charge in [0.05, 0.1) is 18.6 Å². The van der Waals surface area contributed by atoms with E-state index < -0.39 is 12.0 Å². The fourth-order valence-corrected chi connectivity index (χ4v) is 3.99. The largest absolute Gasteiger partial charge is 0.394 e. The van der Waals surface area contributed by atoms with Crippen molar-refractivity contribution in [1.29, 1.82) is 0 Å². The maximum atomic E-state index is 13.6. The van der Waals surface area contributed by atoms with Crippen LogP contribution in [0.4, 0.5) is 0 Å². The first-order valence-corrected chi connectivity index (χ1v) is 11.4. The molecular formula is C28H32N2O3. The molecule has 3 aromatic rings. The summed E-state index contributed by atoms with van der Waals surface area (Å²) in [5, 5.41) is 15.6. The van der Waals surface area contributed by atoms with Gasteiger partial charge < -0.3 is 15.7 Å². The van der Waals surface area contributed by atoms with Crippen molar-refractivity contribution in [1.82, 2.24) is 10.6 Å². The van der Waals surface area contributed by atoms with E-state index in [2.05, 4.69) is 10.6 Å².